The minimum atomic E-state index is -1.38. The standard InChI is InChI=1S/C53H44N4O7/c1-61-50-49(58)44(64-53(60)51(50)62-2)30-63-52(59)35-20-18-34(19-21-35)48-42-28-26-40(56-42)46(32-14-8-4-9-15-32)38-24-22-36(54-38)45(31-12-6-3-7-13-31)37-23-25-39(55-37)47(33-16-10-5-11-17-33)41-27-29-43(48)57-41/h3-29,44,49-51,53-54,57-58,60H,30H2,1-2H3/t44-,49-,50+,51-,53-/m1/s1. The summed E-state index contributed by atoms with van der Waals surface area (Å²) in [6, 6.07) is 46.3. The van der Waals surface area contributed by atoms with Crippen LogP contribution >= 0.6 is 0 Å². The summed E-state index contributed by atoms with van der Waals surface area (Å²) >= 11 is 0. The number of nitrogens with one attached hydrogen (secondary N) is 2. The Labute approximate surface area is 369 Å². The van der Waals surface area contributed by atoms with Crippen molar-refractivity contribution in [1.29, 1.82) is 0 Å². The number of carbonyl (C=O) groups excluding carboxylic acids is 1. The van der Waals surface area contributed by atoms with E-state index in [0.717, 1.165) is 89.4 Å². The summed E-state index contributed by atoms with van der Waals surface area (Å²) in [6.07, 6.45) is 2.83. The van der Waals surface area contributed by atoms with Crippen molar-refractivity contribution in [2.24, 2.45) is 0 Å². The van der Waals surface area contributed by atoms with E-state index in [-0.39, 0.29) is 12.2 Å². The van der Waals surface area contributed by atoms with E-state index < -0.39 is 36.7 Å². The maximum Gasteiger partial charge on any atom is 0.338 e. The van der Waals surface area contributed by atoms with Gasteiger partial charge in [-0.25, -0.2) is 14.8 Å². The van der Waals surface area contributed by atoms with E-state index in [1.165, 1.54) is 14.2 Å². The lowest BCUT2D eigenvalue weighted by molar-refractivity contribution is -0.295. The molecule has 11 heteroatoms. The van der Waals surface area contributed by atoms with Gasteiger partial charge in [-0.05, 0) is 83.0 Å². The Morgan fingerprint density at radius 1 is 0.531 bits per heavy atom. The molecule has 4 N–H and O–H groups in total. The molecule has 11 nitrogen and oxygen atoms in total. The summed E-state index contributed by atoms with van der Waals surface area (Å²) < 4.78 is 21.8. The zero-order valence-corrected chi connectivity index (χ0v) is 35.0. The number of nitrogens with zero attached hydrogens (tertiary/aromatic N) is 2. The minimum Gasteiger partial charge on any atom is -0.459 e. The van der Waals surface area contributed by atoms with E-state index in [1.54, 1.807) is 12.1 Å². The van der Waals surface area contributed by atoms with Crippen molar-refractivity contribution in [2.45, 2.75) is 30.7 Å². The lowest BCUT2D eigenvalue weighted by atomic mass is 9.99. The Morgan fingerprint density at radius 2 is 0.906 bits per heavy atom. The van der Waals surface area contributed by atoms with Crippen LogP contribution in [0.25, 0.3) is 90.9 Å². The Balaban J connectivity index is 1.14. The van der Waals surface area contributed by atoms with E-state index >= 15 is 0 Å². The van der Waals surface area contributed by atoms with Crippen LogP contribution in [0.4, 0.5) is 0 Å². The van der Waals surface area contributed by atoms with Gasteiger partial charge >= 0.3 is 5.97 Å². The number of ether oxygens (including phenoxy) is 4. The fourth-order valence-electron chi connectivity index (χ4n) is 8.82. The Hall–Kier alpha value is -7.25. The number of aliphatic hydroxyl groups excluding tert-OH is 2. The van der Waals surface area contributed by atoms with Crippen LogP contribution in [0.1, 0.15) is 33.1 Å². The molecule has 3 aliphatic rings. The number of aromatic nitrogens is 4. The molecule has 10 rings (SSSR count). The highest BCUT2D eigenvalue weighted by molar-refractivity contribution is 6.00. The van der Waals surface area contributed by atoms with Gasteiger partial charge < -0.3 is 39.1 Å². The molecule has 0 spiro atoms. The molecule has 8 bridgehead atoms. The molecule has 0 unspecified atom stereocenters. The Kier molecular flexibility index (Phi) is 11.1. The van der Waals surface area contributed by atoms with Crippen LogP contribution in [-0.4, -0.2) is 87.7 Å². The van der Waals surface area contributed by atoms with Crippen molar-refractivity contribution >= 4 is 52.3 Å². The third-order valence-corrected chi connectivity index (χ3v) is 11.9. The van der Waals surface area contributed by atoms with Crippen LogP contribution in [0.15, 0.2) is 140 Å². The van der Waals surface area contributed by atoms with Gasteiger partial charge in [-0.1, -0.05) is 103 Å². The second-order valence-corrected chi connectivity index (χ2v) is 15.7. The lowest BCUT2D eigenvalue weighted by Crippen LogP contribution is -2.60. The maximum absolute atomic E-state index is 13.4. The Morgan fingerprint density at radius 3 is 1.28 bits per heavy atom. The van der Waals surface area contributed by atoms with Crippen LogP contribution in [0.2, 0.25) is 0 Å². The number of aliphatic hydroxyl groups is 2. The van der Waals surface area contributed by atoms with Crippen LogP contribution < -0.4 is 0 Å². The number of H-pyrrole nitrogens is 2. The van der Waals surface area contributed by atoms with Crippen molar-refractivity contribution in [2.75, 3.05) is 20.8 Å². The van der Waals surface area contributed by atoms with E-state index in [9.17, 15) is 15.0 Å². The van der Waals surface area contributed by atoms with Gasteiger partial charge in [0.05, 0.1) is 28.3 Å². The predicted molar refractivity (Wildman–Crippen MR) is 249 cm³/mol. The molecule has 0 radical (unpaired) electrons. The zero-order valence-electron chi connectivity index (χ0n) is 35.0. The third kappa shape index (κ3) is 7.65. The molecular weight excluding hydrogens is 805 g/mol. The first-order chi connectivity index (χ1) is 31.4. The normalized spacial score (nSPS) is 19.2. The first kappa shape index (κ1) is 40.8. The predicted octanol–water partition coefficient (Wildman–Crippen LogP) is 9.59. The van der Waals surface area contributed by atoms with E-state index in [4.69, 9.17) is 28.9 Å². The second-order valence-electron chi connectivity index (χ2n) is 15.7. The molecule has 3 aliphatic heterocycles. The molecule has 0 aliphatic carbocycles. The quantitative estimate of drug-likeness (QED) is 0.104. The average Bonchev–Trinajstić information content (AvgIpc) is 4.19. The molecule has 1 saturated heterocycles. The largest absolute Gasteiger partial charge is 0.459 e. The summed E-state index contributed by atoms with van der Waals surface area (Å²) in [5.74, 6) is -0.623. The third-order valence-electron chi connectivity index (χ3n) is 11.9. The number of fused-ring (bicyclic) bond motifs is 8. The molecule has 6 heterocycles. The van der Waals surface area contributed by atoms with E-state index in [2.05, 4.69) is 82.8 Å². The second kappa shape index (κ2) is 17.5. The number of hydrogen-bond acceptors (Lipinski definition) is 9. The number of benzene rings is 4. The first-order valence-corrected chi connectivity index (χ1v) is 21.1. The highest BCUT2D eigenvalue weighted by Crippen LogP contribution is 2.38. The SMILES string of the molecule is CO[C@@H]1[C@@H](OC)[C@H](O)[C@@H](COC(=O)c2ccc(-c3c4nc(c(-c5ccccc5)c5ccc([nH]5)c(-c5ccccc5)c5nc(c(-c6ccccc6)c6ccc3[nH]6)C=C5)C=C4)cc2)O[C@H]1O. The molecule has 4 aromatic carbocycles. The number of esters is 1. The summed E-state index contributed by atoms with van der Waals surface area (Å²) in [6.45, 7) is -0.313. The Bertz CT molecular complexity index is 3030. The first-order valence-electron chi connectivity index (χ1n) is 21.1. The topological polar surface area (TPSA) is 152 Å². The van der Waals surface area contributed by atoms with Crippen LogP contribution in [0.5, 0.6) is 0 Å². The summed E-state index contributed by atoms with van der Waals surface area (Å²) in [5.41, 5.74) is 14.5. The molecule has 0 amide bonds. The number of methoxy groups -OCH3 is 2. The van der Waals surface area contributed by atoms with Gasteiger partial charge in [-0.2, -0.15) is 0 Å². The highest BCUT2D eigenvalue weighted by atomic mass is 16.7. The van der Waals surface area contributed by atoms with Gasteiger partial charge in [0.1, 0.15) is 31.0 Å². The van der Waals surface area contributed by atoms with Crippen LogP contribution in [0, 0.1) is 0 Å². The van der Waals surface area contributed by atoms with Gasteiger partial charge in [0.2, 0.25) is 0 Å². The number of rotatable bonds is 9. The number of hydrogen-bond donors (Lipinski definition) is 4. The molecule has 318 valence electrons. The fraction of sp³-hybridized carbons (Fsp3) is 0.151. The van der Waals surface area contributed by atoms with Gasteiger partial charge in [0.25, 0.3) is 0 Å². The van der Waals surface area contributed by atoms with Gasteiger partial charge in [0, 0.05) is 58.5 Å². The summed E-state index contributed by atoms with van der Waals surface area (Å²) in [4.78, 5) is 31.7. The molecule has 5 atom stereocenters. The van der Waals surface area contributed by atoms with Crippen molar-refractivity contribution in [3.8, 4) is 44.5 Å². The van der Waals surface area contributed by atoms with Crippen molar-refractivity contribution in [3.63, 3.8) is 0 Å². The fourth-order valence-corrected chi connectivity index (χ4v) is 8.82. The monoisotopic (exact) mass is 848 g/mol. The number of carbonyl (C=O) groups is 1. The maximum atomic E-state index is 13.4. The molecule has 0 saturated carbocycles. The molecule has 7 aromatic rings. The average molecular weight is 849 g/mol. The molecule has 1 fully saturated rings. The van der Waals surface area contributed by atoms with Crippen LogP contribution in [0.3, 0.4) is 0 Å². The number of aromatic amines is 2. The van der Waals surface area contributed by atoms with E-state index in [0.29, 0.717) is 0 Å². The van der Waals surface area contributed by atoms with Crippen molar-refractivity contribution < 1.29 is 34.0 Å². The minimum absolute atomic E-state index is 0.288. The smallest absolute Gasteiger partial charge is 0.338 e. The summed E-state index contributed by atoms with van der Waals surface area (Å²) in [7, 11) is 2.79. The molecular formula is C53H44N4O7. The van der Waals surface area contributed by atoms with Gasteiger partial charge in [-0.3, -0.25) is 0 Å². The van der Waals surface area contributed by atoms with Crippen molar-refractivity contribution in [3.05, 3.63) is 168 Å². The molecule has 3 aromatic heterocycles. The molecule has 64 heavy (non-hydrogen) atoms. The zero-order chi connectivity index (χ0) is 43.7. The summed E-state index contributed by atoms with van der Waals surface area (Å²) in [5, 5.41) is 21.3. The van der Waals surface area contributed by atoms with Crippen molar-refractivity contribution in [1.82, 2.24) is 19.9 Å². The lowest BCUT2D eigenvalue weighted by Gasteiger charge is -2.41. The van der Waals surface area contributed by atoms with Gasteiger partial charge in [0.15, 0.2) is 6.29 Å². The van der Waals surface area contributed by atoms with E-state index in [1.807, 2.05) is 78.9 Å². The van der Waals surface area contributed by atoms with Crippen LogP contribution in [-0.2, 0) is 18.9 Å². The highest BCUT2D eigenvalue weighted by Gasteiger charge is 2.46. The van der Waals surface area contributed by atoms with Gasteiger partial charge in [-0.15, -0.1) is 0 Å².